The van der Waals surface area contributed by atoms with E-state index in [9.17, 15) is 4.79 Å². The predicted molar refractivity (Wildman–Crippen MR) is 149 cm³/mol. The number of rotatable bonds is 8. The second-order valence-corrected chi connectivity index (χ2v) is 11.9. The largest absolute Gasteiger partial charge is 0.379 e. The summed E-state index contributed by atoms with van der Waals surface area (Å²) in [4.78, 5) is 20.2. The lowest BCUT2D eigenvalue weighted by atomic mass is 9.86. The number of fused-ring (bicyclic) bond motifs is 2. The number of anilines is 1. The minimum absolute atomic E-state index is 0.239. The number of hydrogen-bond acceptors (Lipinski definition) is 9. The molecular formula is C26H32N8O2S2. The summed E-state index contributed by atoms with van der Waals surface area (Å²) < 4.78 is 8.21. The van der Waals surface area contributed by atoms with Crippen molar-refractivity contribution in [3.05, 3.63) is 36.0 Å². The molecule has 1 aliphatic carbocycles. The molecule has 2 fully saturated rings. The summed E-state index contributed by atoms with van der Waals surface area (Å²) in [7, 11) is 0. The molecule has 2 N–H and O–H groups in total. The lowest BCUT2D eigenvalue weighted by molar-refractivity contribution is 0.0388. The molecule has 1 aliphatic heterocycles. The van der Waals surface area contributed by atoms with Gasteiger partial charge in [0, 0.05) is 31.1 Å². The molecule has 0 radical (unpaired) electrons. The maximum Gasteiger partial charge on any atom is 0.321 e. The summed E-state index contributed by atoms with van der Waals surface area (Å²) in [5.41, 5.74) is 2.70. The summed E-state index contributed by atoms with van der Waals surface area (Å²) in [6, 6.07) is 9.93. The number of nitrogens with zero attached hydrogens (tertiary/aromatic N) is 6. The van der Waals surface area contributed by atoms with Gasteiger partial charge in [-0.15, -0.1) is 10.2 Å². The van der Waals surface area contributed by atoms with Crippen molar-refractivity contribution in [2.24, 2.45) is 5.92 Å². The van der Waals surface area contributed by atoms with Crippen molar-refractivity contribution >= 4 is 50.1 Å². The van der Waals surface area contributed by atoms with Crippen LogP contribution in [0.4, 0.5) is 9.93 Å². The first-order valence-corrected chi connectivity index (χ1v) is 15.0. The molecule has 3 aromatic heterocycles. The van der Waals surface area contributed by atoms with Crippen molar-refractivity contribution < 1.29 is 9.53 Å². The molecule has 38 heavy (non-hydrogen) atoms. The number of aromatic nitrogens is 5. The van der Waals surface area contributed by atoms with Crippen LogP contribution >= 0.6 is 23.1 Å². The van der Waals surface area contributed by atoms with Gasteiger partial charge in [-0.3, -0.25) is 10.2 Å². The van der Waals surface area contributed by atoms with Gasteiger partial charge < -0.3 is 10.1 Å². The maximum atomic E-state index is 12.4. The Bertz CT molecular complexity index is 1390. The Morgan fingerprint density at radius 1 is 1.11 bits per heavy atom. The molecule has 4 heterocycles. The van der Waals surface area contributed by atoms with Crippen LogP contribution in [0.15, 0.2) is 40.4 Å². The molecule has 1 aromatic carbocycles. The summed E-state index contributed by atoms with van der Waals surface area (Å²) in [5, 5.41) is 20.7. The van der Waals surface area contributed by atoms with Crippen LogP contribution < -0.4 is 10.6 Å². The van der Waals surface area contributed by atoms with Crippen LogP contribution in [-0.4, -0.2) is 75.1 Å². The van der Waals surface area contributed by atoms with Crippen LogP contribution in [0.5, 0.6) is 0 Å². The van der Waals surface area contributed by atoms with Crippen LogP contribution in [0.3, 0.4) is 0 Å². The van der Waals surface area contributed by atoms with Gasteiger partial charge in [0.1, 0.15) is 0 Å². The number of amides is 2. The number of thiazole rings is 1. The molecule has 12 heteroatoms. The van der Waals surface area contributed by atoms with E-state index in [2.05, 4.69) is 42.8 Å². The van der Waals surface area contributed by atoms with E-state index in [1.165, 1.54) is 55.2 Å². The van der Waals surface area contributed by atoms with Gasteiger partial charge in [0.25, 0.3) is 0 Å². The van der Waals surface area contributed by atoms with E-state index in [0.29, 0.717) is 11.7 Å². The molecule has 2 amide bonds. The van der Waals surface area contributed by atoms with Gasteiger partial charge in [-0.2, -0.15) is 9.61 Å². The Hall–Kier alpha value is -2.80. The minimum atomic E-state index is -0.239. The Morgan fingerprint density at radius 3 is 2.84 bits per heavy atom. The van der Waals surface area contributed by atoms with E-state index in [4.69, 9.17) is 9.84 Å². The van der Waals surface area contributed by atoms with Crippen LogP contribution in [-0.2, 0) is 11.2 Å². The van der Waals surface area contributed by atoms with E-state index in [1.807, 2.05) is 22.7 Å². The highest BCUT2D eigenvalue weighted by molar-refractivity contribution is 7.99. The zero-order valence-electron chi connectivity index (χ0n) is 21.3. The molecule has 0 bridgehead atoms. The Balaban J connectivity index is 1.08. The van der Waals surface area contributed by atoms with Gasteiger partial charge in [-0.05, 0) is 54.4 Å². The molecular weight excluding hydrogens is 520 g/mol. The van der Waals surface area contributed by atoms with Gasteiger partial charge in [-0.1, -0.05) is 43.4 Å². The lowest BCUT2D eigenvalue weighted by Gasteiger charge is -2.26. The molecule has 10 nitrogen and oxygen atoms in total. The number of benzene rings is 1. The van der Waals surface area contributed by atoms with Gasteiger partial charge in [0.15, 0.2) is 10.8 Å². The Morgan fingerprint density at radius 2 is 1.97 bits per heavy atom. The van der Waals surface area contributed by atoms with E-state index in [1.54, 1.807) is 0 Å². The van der Waals surface area contributed by atoms with Gasteiger partial charge in [0.05, 0.1) is 29.1 Å². The molecule has 6 rings (SSSR count). The number of ether oxygens (including phenoxy) is 1. The smallest absolute Gasteiger partial charge is 0.321 e. The SMILES string of the molecule is O=C(NCCN1CCOCC1)Nc1nc2ccc(Sc3nnc4ccc(CC5CCCCC5)nn34)cc2s1. The van der Waals surface area contributed by atoms with Crippen molar-refractivity contribution in [1.82, 2.24) is 35.0 Å². The third-order valence-electron chi connectivity index (χ3n) is 7.12. The normalized spacial score (nSPS) is 17.3. The third-order valence-corrected chi connectivity index (χ3v) is 8.98. The monoisotopic (exact) mass is 552 g/mol. The number of carbonyl (C=O) groups excluding carboxylic acids is 1. The number of hydrogen-bond donors (Lipinski definition) is 2. The zero-order chi connectivity index (χ0) is 25.7. The van der Waals surface area contributed by atoms with Crippen molar-refractivity contribution in [3.8, 4) is 0 Å². The highest BCUT2D eigenvalue weighted by Crippen LogP contribution is 2.33. The molecule has 0 spiro atoms. The summed E-state index contributed by atoms with van der Waals surface area (Å²) >= 11 is 2.99. The first-order valence-electron chi connectivity index (χ1n) is 13.3. The van der Waals surface area contributed by atoms with Gasteiger partial charge in [-0.25, -0.2) is 9.78 Å². The molecule has 1 saturated heterocycles. The van der Waals surface area contributed by atoms with Crippen molar-refractivity contribution in [1.29, 1.82) is 0 Å². The molecule has 200 valence electrons. The Labute approximate surface area is 229 Å². The molecule has 1 saturated carbocycles. The number of carbonyl (C=O) groups is 1. The predicted octanol–water partition coefficient (Wildman–Crippen LogP) is 4.46. The first kappa shape index (κ1) is 25.5. The van der Waals surface area contributed by atoms with E-state index < -0.39 is 0 Å². The average Bonchev–Trinajstić information content (AvgIpc) is 3.52. The summed E-state index contributed by atoms with van der Waals surface area (Å²) in [6.07, 6.45) is 7.63. The highest BCUT2D eigenvalue weighted by atomic mass is 32.2. The van der Waals surface area contributed by atoms with Gasteiger partial charge in [0.2, 0.25) is 5.16 Å². The standard InChI is InChI=1S/C26H32N8O2S2/c35-24(27-10-11-33-12-14-36-15-13-33)29-25-28-21-8-7-20(17-22(21)38-25)37-26-31-30-23-9-6-19(32-34(23)26)16-18-4-2-1-3-5-18/h6-9,17-18H,1-5,10-16H2,(H2,27,28,29,35). The first-order chi connectivity index (χ1) is 18.7. The highest BCUT2D eigenvalue weighted by Gasteiger charge is 2.17. The average molecular weight is 553 g/mol. The summed E-state index contributed by atoms with van der Waals surface area (Å²) in [6.45, 7) is 4.71. The Kier molecular flexibility index (Phi) is 8.00. The fraction of sp³-hybridized carbons (Fsp3) is 0.500. The van der Waals surface area contributed by atoms with Crippen molar-refractivity contribution in [2.45, 2.75) is 48.6 Å². The fourth-order valence-electron chi connectivity index (χ4n) is 5.09. The van der Waals surface area contributed by atoms with Crippen LogP contribution in [0.25, 0.3) is 15.9 Å². The minimum Gasteiger partial charge on any atom is -0.379 e. The van der Waals surface area contributed by atoms with Crippen LogP contribution in [0, 0.1) is 5.92 Å². The van der Waals surface area contributed by atoms with Crippen molar-refractivity contribution in [3.63, 3.8) is 0 Å². The second kappa shape index (κ2) is 11.9. The number of urea groups is 1. The summed E-state index contributed by atoms with van der Waals surface area (Å²) in [5.74, 6) is 0.727. The zero-order valence-corrected chi connectivity index (χ0v) is 22.9. The molecule has 0 atom stereocenters. The van der Waals surface area contributed by atoms with E-state index >= 15 is 0 Å². The maximum absolute atomic E-state index is 12.4. The van der Waals surface area contributed by atoms with E-state index in [0.717, 1.165) is 76.8 Å². The molecule has 2 aliphatic rings. The molecule has 0 unspecified atom stereocenters. The van der Waals surface area contributed by atoms with E-state index in [-0.39, 0.29) is 6.03 Å². The van der Waals surface area contributed by atoms with Crippen LogP contribution in [0.2, 0.25) is 0 Å². The quantitative estimate of drug-likeness (QED) is 0.330. The topological polar surface area (TPSA) is 110 Å². The fourth-order valence-corrected chi connectivity index (χ4v) is 6.89. The van der Waals surface area contributed by atoms with Gasteiger partial charge >= 0.3 is 6.03 Å². The lowest BCUT2D eigenvalue weighted by Crippen LogP contribution is -2.42. The number of morpholine rings is 1. The second-order valence-electron chi connectivity index (χ2n) is 9.87. The van der Waals surface area contributed by atoms with Crippen LogP contribution in [0.1, 0.15) is 37.8 Å². The van der Waals surface area contributed by atoms with Crippen molar-refractivity contribution in [2.75, 3.05) is 44.7 Å². The third kappa shape index (κ3) is 6.25. The number of nitrogens with one attached hydrogen (secondary N) is 2. The molecule has 4 aromatic rings.